The second kappa shape index (κ2) is 14.3. The number of anilines is 3. The average molecular weight is 676 g/mol. The summed E-state index contributed by atoms with van der Waals surface area (Å²) in [4.78, 5) is 2.32. The molecular formula is C52H37N. The van der Waals surface area contributed by atoms with Crippen LogP contribution in [-0.2, 0) is 0 Å². The van der Waals surface area contributed by atoms with Gasteiger partial charge in [-0.1, -0.05) is 176 Å². The topological polar surface area (TPSA) is 3.24 Å². The zero-order chi connectivity index (χ0) is 35.4. The summed E-state index contributed by atoms with van der Waals surface area (Å²) in [5, 5.41) is 2.52. The van der Waals surface area contributed by atoms with Crippen LogP contribution in [0.15, 0.2) is 224 Å². The van der Waals surface area contributed by atoms with Crippen LogP contribution in [0.2, 0.25) is 0 Å². The zero-order valence-corrected chi connectivity index (χ0v) is 29.3. The predicted molar refractivity (Wildman–Crippen MR) is 226 cm³/mol. The minimum atomic E-state index is 1.11. The van der Waals surface area contributed by atoms with Crippen LogP contribution in [0.1, 0.15) is 0 Å². The number of hydrogen-bond acceptors (Lipinski definition) is 1. The number of hydrogen-bond donors (Lipinski definition) is 0. The molecule has 0 amide bonds. The number of fused-ring (bicyclic) bond motifs is 1. The normalized spacial score (nSPS) is 11.0. The predicted octanol–water partition coefficient (Wildman–Crippen LogP) is 14.6. The fraction of sp³-hybridized carbons (Fsp3) is 0. The summed E-state index contributed by atoms with van der Waals surface area (Å²) < 4.78 is 0. The third kappa shape index (κ3) is 6.65. The van der Waals surface area contributed by atoms with Crippen molar-refractivity contribution < 1.29 is 0 Å². The minimum Gasteiger partial charge on any atom is -0.311 e. The van der Waals surface area contributed by atoms with Gasteiger partial charge in [0.2, 0.25) is 0 Å². The molecule has 0 spiro atoms. The molecule has 9 aromatic carbocycles. The maximum absolute atomic E-state index is 2.33. The summed E-state index contributed by atoms with van der Waals surface area (Å²) in [6.45, 7) is 0. The molecule has 0 fully saturated rings. The summed E-state index contributed by atoms with van der Waals surface area (Å²) in [6, 6.07) is 80.7. The Hall–Kier alpha value is -6.96. The third-order valence-electron chi connectivity index (χ3n) is 10.1. The lowest BCUT2D eigenvalue weighted by Gasteiger charge is -2.26. The molecule has 0 aromatic heterocycles. The van der Waals surface area contributed by atoms with Crippen molar-refractivity contribution in [1.29, 1.82) is 0 Å². The van der Waals surface area contributed by atoms with E-state index in [9.17, 15) is 0 Å². The molecule has 0 aliphatic carbocycles. The van der Waals surface area contributed by atoms with Crippen LogP contribution in [0.4, 0.5) is 17.1 Å². The molecule has 1 heteroatoms. The van der Waals surface area contributed by atoms with Crippen molar-refractivity contribution in [2.45, 2.75) is 0 Å². The zero-order valence-electron chi connectivity index (χ0n) is 29.3. The van der Waals surface area contributed by atoms with Gasteiger partial charge in [0.05, 0.1) is 0 Å². The van der Waals surface area contributed by atoms with Gasteiger partial charge in [-0.3, -0.25) is 0 Å². The molecule has 9 rings (SSSR count). The fourth-order valence-electron chi connectivity index (χ4n) is 7.30. The molecule has 0 saturated carbocycles. The summed E-state index contributed by atoms with van der Waals surface area (Å²) in [5.74, 6) is 0. The molecular weight excluding hydrogens is 639 g/mol. The van der Waals surface area contributed by atoms with Gasteiger partial charge in [-0.15, -0.1) is 0 Å². The maximum Gasteiger partial charge on any atom is 0.0462 e. The lowest BCUT2D eigenvalue weighted by atomic mass is 9.91. The third-order valence-corrected chi connectivity index (χ3v) is 10.1. The van der Waals surface area contributed by atoms with E-state index in [-0.39, 0.29) is 0 Å². The van der Waals surface area contributed by atoms with Crippen LogP contribution in [0, 0.1) is 0 Å². The van der Waals surface area contributed by atoms with Crippen LogP contribution in [0.25, 0.3) is 66.4 Å². The summed E-state index contributed by atoms with van der Waals surface area (Å²) in [7, 11) is 0. The van der Waals surface area contributed by atoms with Gasteiger partial charge in [0.25, 0.3) is 0 Å². The number of benzene rings is 9. The van der Waals surface area contributed by atoms with Gasteiger partial charge in [0.1, 0.15) is 0 Å². The van der Waals surface area contributed by atoms with Crippen LogP contribution in [-0.4, -0.2) is 0 Å². The Kier molecular flexibility index (Phi) is 8.66. The molecule has 0 N–H and O–H groups in total. The van der Waals surface area contributed by atoms with E-state index in [2.05, 4.69) is 229 Å². The van der Waals surface area contributed by atoms with Crippen molar-refractivity contribution in [1.82, 2.24) is 0 Å². The lowest BCUT2D eigenvalue weighted by Crippen LogP contribution is -2.09. The highest BCUT2D eigenvalue weighted by atomic mass is 15.1. The Morgan fingerprint density at radius 2 is 0.585 bits per heavy atom. The lowest BCUT2D eigenvalue weighted by molar-refractivity contribution is 1.28. The molecule has 0 unspecified atom stereocenters. The fourth-order valence-corrected chi connectivity index (χ4v) is 7.30. The second-order valence-electron chi connectivity index (χ2n) is 13.4. The van der Waals surface area contributed by atoms with Crippen molar-refractivity contribution in [3.8, 4) is 55.6 Å². The smallest absolute Gasteiger partial charge is 0.0462 e. The van der Waals surface area contributed by atoms with Gasteiger partial charge in [0.15, 0.2) is 0 Å². The molecule has 250 valence electrons. The van der Waals surface area contributed by atoms with Crippen LogP contribution in [0.3, 0.4) is 0 Å². The Balaban J connectivity index is 1.01. The highest BCUT2D eigenvalue weighted by Gasteiger charge is 2.14. The molecule has 0 aliphatic rings. The number of para-hydroxylation sites is 1. The van der Waals surface area contributed by atoms with Crippen molar-refractivity contribution in [2.75, 3.05) is 4.90 Å². The van der Waals surface area contributed by atoms with Crippen LogP contribution < -0.4 is 4.90 Å². The standard InChI is InChI=1S/C52H37N/c1-4-13-43(14-5-1)51-35-30-47(37-52(51)44-15-6-2-7-16-44)42-28-33-50(34-29-42)53(48-18-8-3-9-19-48)49-31-26-40(27-32-49)39-20-22-41(23-21-39)46-25-24-38-12-10-11-17-45(38)36-46/h1-37H. The Morgan fingerprint density at radius 1 is 0.208 bits per heavy atom. The van der Waals surface area contributed by atoms with Gasteiger partial charge >= 0.3 is 0 Å². The van der Waals surface area contributed by atoms with E-state index in [1.807, 2.05) is 0 Å². The van der Waals surface area contributed by atoms with Gasteiger partial charge < -0.3 is 4.90 Å². The Labute approximate surface area is 311 Å². The van der Waals surface area contributed by atoms with Gasteiger partial charge in [0, 0.05) is 17.1 Å². The first-order chi connectivity index (χ1) is 26.3. The van der Waals surface area contributed by atoms with E-state index in [4.69, 9.17) is 0 Å². The van der Waals surface area contributed by atoms with E-state index in [1.54, 1.807) is 0 Å². The summed E-state index contributed by atoms with van der Waals surface area (Å²) >= 11 is 0. The average Bonchev–Trinajstić information content (AvgIpc) is 3.25. The molecule has 0 heterocycles. The van der Waals surface area contributed by atoms with Crippen LogP contribution in [0.5, 0.6) is 0 Å². The highest BCUT2D eigenvalue weighted by molar-refractivity contribution is 5.89. The van der Waals surface area contributed by atoms with Gasteiger partial charge in [-0.05, 0) is 115 Å². The second-order valence-corrected chi connectivity index (χ2v) is 13.4. The van der Waals surface area contributed by atoms with E-state index in [0.29, 0.717) is 0 Å². The van der Waals surface area contributed by atoms with Crippen molar-refractivity contribution in [3.05, 3.63) is 224 Å². The molecule has 1 nitrogen and oxygen atoms in total. The van der Waals surface area contributed by atoms with Gasteiger partial charge in [-0.25, -0.2) is 0 Å². The van der Waals surface area contributed by atoms with Crippen molar-refractivity contribution >= 4 is 27.8 Å². The summed E-state index contributed by atoms with van der Waals surface area (Å²) in [6.07, 6.45) is 0. The van der Waals surface area contributed by atoms with E-state index in [1.165, 1.54) is 66.4 Å². The Morgan fingerprint density at radius 3 is 1.15 bits per heavy atom. The monoisotopic (exact) mass is 675 g/mol. The number of nitrogens with zero attached hydrogens (tertiary/aromatic N) is 1. The minimum absolute atomic E-state index is 1.11. The van der Waals surface area contributed by atoms with Crippen LogP contribution >= 0.6 is 0 Å². The molecule has 0 bridgehead atoms. The molecule has 0 radical (unpaired) electrons. The first kappa shape index (κ1) is 32.0. The van der Waals surface area contributed by atoms with Crippen molar-refractivity contribution in [2.24, 2.45) is 0 Å². The number of rotatable bonds is 8. The highest BCUT2D eigenvalue weighted by Crippen LogP contribution is 2.39. The summed E-state index contributed by atoms with van der Waals surface area (Å²) in [5.41, 5.74) is 15.4. The molecule has 0 aliphatic heterocycles. The quantitative estimate of drug-likeness (QED) is 0.155. The van der Waals surface area contributed by atoms with E-state index >= 15 is 0 Å². The molecule has 0 saturated heterocycles. The Bertz CT molecular complexity index is 2610. The van der Waals surface area contributed by atoms with E-state index < -0.39 is 0 Å². The van der Waals surface area contributed by atoms with E-state index in [0.717, 1.165) is 17.1 Å². The molecule has 9 aromatic rings. The first-order valence-corrected chi connectivity index (χ1v) is 18.2. The molecule has 53 heavy (non-hydrogen) atoms. The molecule has 0 atom stereocenters. The largest absolute Gasteiger partial charge is 0.311 e. The maximum atomic E-state index is 2.33. The first-order valence-electron chi connectivity index (χ1n) is 18.2. The van der Waals surface area contributed by atoms with Crippen molar-refractivity contribution in [3.63, 3.8) is 0 Å². The SMILES string of the molecule is c1ccc(-c2ccc(-c3ccc(N(c4ccccc4)c4ccc(-c5ccc(-c6ccc7ccccc7c6)cc5)cc4)cc3)cc2-c2ccccc2)cc1. The van der Waals surface area contributed by atoms with Gasteiger partial charge in [-0.2, -0.15) is 0 Å².